The Labute approximate surface area is 209 Å². The van der Waals surface area contributed by atoms with Gasteiger partial charge in [0.2, 0.25) is 0 Å². The zero-order chi connectivity index (χ0) is 27.0. The molecule has 2 saturated heterocycles. The monoisotopic (exact) mass is 529 g/mol. The summed E-state index contributed by atoms with van der Waals surface area (Å²) in [4.78, 5) is 29.3. The van der Waals surface area contributed by atoms with Crippen LogP contribution in [0.5, 0.6) is 0 Å². The van der Waals surface area contributed by atoms with E-state index in [4.69, 9.17) is 0 Å². The van der Waals surface area contributed by atoms with Crippen molar-refractivity contribution in [1.29, 1.82) is 0 Å². The molecule has 2 aliphatic heterocycles. The number of hydrogen-bond donors (Lipinski definition) is 1. The summed E-state index contributed by atoms with van der Waals surface area (Å²) in [7, 11) is 0. The zero-order valence-electron chi connectivity index (χ0n) is 19.6. The molecule has 12 heteroatoms. The van der Waals surface area contributed by atoms with Gasteiger partial charge in [-0.15, -0.1) is 0 Å². The number of amides is 2. The number of nitrogens with zero attached hydrogens (tertiary/aromatic N) is 3. The van der Waals surface area contributed by atoms with E-state index < -0.39 is 41.0 Å². The van der Waals surface area contributed by atoms with Crippen LogP contribution in [0.15, 0.2) is 48.5 Å². The van der Waals surface area contributed by atoms with E-state index in [0.29, 0.717) is 44.7 Å². The molecule has 2 amide bonds. The second-order valence-corrected chi connectivity index (χ2v) is 9.22. The van der Waals surface area contributed by atoms with Crippen LogP contribution in [0, 0.1) is 0 Å². The van der Waals surface area contributed by atoms with Crippen LogP contribution in [0.4, 0.5) is 31.1 Å². The lowest BCUT2D eigenvalue weighted by Gasteiger charge is -2.46. The topological polar surface area (TPSA) is 64.1 Å². The average Bonchev–Trinajstić information content (AvgIpc) is 2.87. The fraction of sp³-hybridized carbons (Fsp3) is 0.440. The number of piperazine rings is 1. The molecule has 2 unspecified atom stereocenters. The van der Waals surface area contributed by atoms with E-state index in [9.17, 15) is 41.0 Å². The minimum Gasteiger partial charge on any atom is -0.465 e. The normalized spacial score (nSPS) is 21.7. The maximum absolute atomic E-state index is 13.3. The number of piperidine rings is 1. The van der Waals surface area contributed by atoms with Crippen LogP contribution in [0.1, 0.15) is 39.4 Å². The molecule has 2 aromatic carbocycles. The van der Waals surface area contributed by atoms with Crippen LogP contribution in [-0.2, 0) is 12.4 Å². The molecule has 37 heavy (non-hydrogen) atoms. The van der Waals surface area contributed by atoms with Crippen LogP contribution in [0.25, 0.3) is 0 Å². The summed E-state index contributed by atoms with van der Waals surface area (Å²) in [6.45, 7) is 1.85. The lowest BCUT2D eigenvalue weighted by Crippen LogP contribution is -2.57. The Kier molecular flexibility index (Phi) is 7.40. The number of rotatable bonds is 3. The van der Waals surface area contributed by atoms with Gasteiger partial charge in [0.05, 0.1) is 11.1 Å². The predicted molar refractivity (Wildman–Crippen MR) is 121 cm³/mol. The molecule has 0 bridgehead atoms. The van der Waals surface area contributed by atoms with Gasteiger partial charge in [-0.3, -0.25) is 9.69 Å². The second kappa shape index (κ2) is 10.2. The zero-order valence-corrected chi connectivity index (χ0v) is 19.6. The first-order chi connectivity index (χ1) is 17.3. The quantitative estimate of drug-likeness (QED) is 0.568. The van der Waals surface area contributed by atoms with E-state index in [0.717, 1.165) is 5.56 Å². The first kappa shape index (κ1) is 26.8. The van der Waals surface area contributed by atoms with Gasteiger partial charge in [-0.25, -0.2) is 4.79 Å². The largest absolute Gasteiger partial charge is 0.465 e. The summed E-state index contributed by atoms with van der Waals surface area (Å²) < 4.78 is 79.9. The highest BCUT2D eigenvalue weighted by molar-refractivity contribution is 5.95. The number of hydrogen-bond acceptors (Lipinski definition) is 3. The van der Waals surface area contributed by atoms with Crippen LogP contribution < -0.4 is 0 Å². The number of carbonyl (C=O) groups excluding carboxylic acids is 1. The van der Waals surface area contributed by atoms with Gasteiger partial charge in [-0.1, -0.05) is 30.3 Å². The molecular formula is C25H25F6N3O3. The smallest absolute Gasteiger partial charge is 0.416 e. The van der Waals surface area contributed by atoms with Crippen LogP contribution >= 0.6 is 0 Å². The van der Waals surface area contributed by atoms with Crippen molar-refractivity contribution < 1.29 is 41.0 Å². The van der Waals surface area contributed by atoms with E-state index in [1.54, 1.807) is 0 Å². The molecule has 0 radical (unpaired) electrons. The Hall–Kier alpha value is -3.28. The Balaban J connectivity index is 1.61. The number of alkyl halides is 6. The fourth-order valence-corrected chi connectivity index (χ4v) is 5.09. The molecule has 2 aromatic rings. The minimum atomic E-state index is -5.05. The van der Waals surface area contributed by atoms with Crippen molar-refractivity contribution in [3.05, 3.63) is 70.8 Å². The van der Waals surface area contributed by atoms with Gasteiger partial charge in [0.25, 0.3) is 5.91 Å². The lowest BCUT2D eigenvalue weighted by atomic mass is 9.84. The van der Waals surface area contributed by atoms with Gasteiger partial charge in [0.1, 0.15) is 0 Å². The highest BCUT2D eigenvalue weighted by Crippen LogP contribution is 2.37. The number of likely N-dealkylation sites (tertiary alicyclic amines) is 1. The number of benzene rings is 2. The Morgan fingerprint density at radius 2 is 1.35 bits per heavy atom. The molecule has 0 aromatic heterocycles. The molecule has 0 spiro atoms. The summed E-state index contributed by atoms with van der Waals surface area (Å²) in [6.07, 6.45) is -10.7. The van der Waals surface area contributed by atoms with Gasteiger partial charge in [0, 0.05) is 56.8 Å². The third kappa shape index (κ3) is 6.00. The first-order valence-electron chi connectivity index (χ1n) is 11.7. The Bertz CT molecular complexity index is 1100. The van der Waals surface area contributed by atoms with Crippen molar-refractivity contribution in [3.8, 4) is 0 Å². The van der Waals surface area contributed by atoms with E-state index >= 15 is 0 Å². The van der Waals surface area contributed by atoms with Crippen molar-refractivity contribution in [2.24, 2.45) is 0 Å². The van der Waals surface area contributed by atoms with Crippen LogP contribution in [-0.4, -0.2) is 77.1 Å². The highest BCUT2D eigenvalue weighted by atomic mass is 19.4. The molecule has 200 valence electrons. The molecule has 0 saturated carbocycles. The van der Waals surface area contributed by atoms with Crippen molar-refractivity contribution in [2.45, 2.75) is 30.7 Å². The molecule has 2 fully saturated rings. The fourth-order valence-electron chi connectivity index (χ4n) is 5.09. The third-order valence-electron chi connectivity index (χ3n) is 6.98. The molecule has 2 aliphatic rings. The summed E-state index contributed by atoms with van der Waals surface area (Å²) in [6, 6.07) is 10.0. The van der Waals surface area contributed by atoms with Crippen molar-refractivity contribution >= 4 is 12.0 Å². The average molecular weight is 529 g/mol. The molecule has 2 heterocycles. The molecule has 0 aliphatic carbocycles. The van der Waals surface area contributed by atoms with Gasteiger partial charge in [-0.2, -0.15) is 26.3 Å². The summed E-state index contributed by atoms with van der Waals surface area (Å²) in [5.74, 6) is -1.16. The van der Waals surface area contributed by atoms with Gasteiger partial charge in [0.15, 0.2) is 0 Å². The Morgan fingerprint density at radius 1 is 0.784 bits per heavy atom. The van der Waals surface area contributed by atoms with E-state index in [1.807, 2.05) is 30.3 Å². The number of halogens is 6. The Morgan fingerprint density at radius 3 is 1.86 bits per heavy atom. The van der Waals surface area contributed by atoms with Gasteiger partial charge >= 0.3 is 18.4 Å². The molecule has 1 N–H and O–H groups in total. The first-order valence-corrected chi connectivity index (χ1v) is 11.7. The number of carbonyl (C=O) groups is 2. The standard InChI is InChI=1S/C25H25F6N3O3/c26-24(27,28)18-12-17(13-19(14-18)25(29,30)31)22(35)34-7-6-21(20(15-34)16-4-2-1-3-5-16)32-8-10-33(11-9-32)23(36)37/h1-5,12-14,20-21H,6-11,15H2,(H,36,37). The van der Waals surface area contributed by atoms with E-state index in [2.05, 4.69) is 4.90 Å². The van der Waals surface area contributed by atoms with Crippen molar-refractivity contribution in [2.75, 3.05) is 39.3 Å². The molecular weight excluding hydrogens is 504 g/mol. The van der Waals surface area contributed by atoms with Gasteiger partial charge < -0.3 is 14.9 Å². The summed E-state index contributed by atoms with van der Waals surface area (Å²) in [5.41, 5.74) is -2.85. The maximum Gasteiger partial charge on any atom is 0.416 e. The second-order valence-electron chi connectivity index (χ2n) is 9.22. The van der Waals surface area contributed by atoms with Crippen LogP contribution in [0.3, 0.4) is 0 Å². The summed E-state index contributed by atoms with van der Waals surface area (Å²) in [5, 5.41) is 9.23. The highest BCUT2D eigenvalue weighted by Gasteiger charge is 2.40. The SMILES string of the molecule is O=C(O)N1CCN(C2CCN(C(=O)c3cc(C(F)(F)F)cc(C(F)(F)F)c3)CC2c2ccccc2)CC1. The maximum atomic E-state index is 13.3. The predicted octanol–water partition coefficient (Wildman–Crippen LogP) is 5.02. The van der Waals surface area contributed by atoms with E-state index in [-0.39, 0.29) is 31.1 Å². The van der Waals surface area contributed by atoms with Gasteiger partial charge in [-0.05, 0) is 30.2 Å². The van der Waals surface area contributed by atoms with Crippen molar-refractivity contribution in [3.63, 3.8) is 0 Å². The van der Waals surface area contributed by atoms with Crippen LogP contribution in [0.2, 0.25) is 0 Å². The minimum absolute atomic E-state index is 0.00650. The summed E-state index contributed by atoms with van der Waals surface area (Å²) >= 11 is 0. The molecule has 4 rings (SSSR count). The molecule has 6 nitrogen and oxygen atoms in total. The van der Waals surface area contributed by atoms with E-state index in [1.165, 1.54) is 9.80 Å². The van der Waals surface area contributed by atoms with Crippen molar-refractivity contribution in [1.82, 2.24) is 14.7 Å². The third-order valence-corrected chi connectivity index (χ3v) is 6.98. The lowest BCUT2D eigenvalue weighted by molar-refractivity contribution is -0.143. The number of carboxylic acid groups (broad SMARTS) is 1. The molecule has 2 atom stereocenters.